The Bertz CT molecular complexity index is 1150. The van der Waals surface area contributed by atoms with Gasteiger partial charge >= 0.3 is 0 Å². The highest BCUT2D eigenvalue weighted by Crippen LogP contribution is 2.30. The first-order chi connectivity index (χ1) is 13.3. The van der Waals surface area contributed by atoms with E-state index in [1.807, 2.05) is 44.2 Å². The molecule has 3 rings (SSSR count). The third-order valence-corrected chi connectivity index (χ3v) is 5.18. The van der Waals surface area contributed by atoms with Crippen LogP contribution in [0.3, 0.4) is 0 Å². The van der Waals surface area contributed by atoms with Crippen LogP contribution in [0, 0.1) is 25.2 Å². The van der Waals surface area contributed by atoms with Gasteiger partial charge in [0.1, 0.15) is 11.9 Å². The van der Waals surface area contributed by atoms with E-state index < -0.39 is 10.1 Å². The number of hydrogen-bond acceptors (Lipinski definition) is 6. The van der Waals surface area contributed by atoms with E-state index in [0.717, 1.165) is 16.8 Å². The monoisotopic (exact) mass is 394 g/mol. The third-order valence-electron chi connectivity index (χ3n) is 4.32. The van der Waals surface area contributed by atoms with E-state index in [1.54, 1.807) is 0 Å². The minimum atomic E-state index is -4.26. The van der Waals surface area contributed by atoms with Gasteiger partial charge in [-0.25, -0.2) is 4.98 Å². The summed E-state index contributed by atoms with van der Waals surface area (Å²) in [5.74, 6) is 0.961. The van der Waals surface area contributed by atoms with E-state index in [4.69, 9.17) is 4.55 Å². The fourth-order valence-electron chi connectivity index (χ4n) is 2.65. The molecule has 0 saturated carbocycles. The number of rotatable bonds is 5. The van der Waals surface area contributed by atoms with Crippen molar-refractivity contribution < 1.29 is 13.0 Å². The van der Waals surface area contributed by atoms with Crippen LogP contribution in [0.4, 0.5) is 23.0 Å². The summed E-state index contributed by atoms with van der Waals surface area (Å²) >= 11 is 0. The summed E-state index contributed by atoms with van der Waals surface area (Å²) in [5, 5.41) is 15.9. The molecule has 0 aliphatic rings. The van der Waals surface area contributed by atoms with Gasteiger partial charge in [-0.1, -0.05) is 18.2 Å². The Balaban J connectivity index is 1.99. The second-order valence-electron chi connectivity index (χ2n) is 6.16. The first-order valence-electron chi connectivity index (χ1n) is 8.37. The van der Waals surface area contributed by atoms with Crippen LogP contribution in [0.1, 0.15) is 16.7 Å². The van der Waals surface area contributed by atoms with E-state index in [2.05, 4.69) is 21.7 Å². The molecule has 3 N–H and O–H groups in total. The normalized spacial score (nSPS) is 10.9. The van der Waals surface area contributed by atoms with E-state index in [-0.39, 0.29) is 4.90 Å². The van der Waals surface area contributed by atoms with Crippen LogP contribution in [-0.4, -0.2) is 18.0 Å². The van der Waals surface area contributed by atoms with Gasteiger partial charge in [0.15, 0.2) is 5.82 Å². The number of pyridine rings is 1. The van der Waals surface area contributed by atoms with Crippen LogP contribution in [0.25, 0.3) is 0 Å². The maximum absolute atomic E-state index is 11.2. The second-order valence-corrected chi connectivity index (χ2v) is 7.58. The number of aromatic nitrogens is 1. The van der Waals surface area contributed by atoms with Crippen LogP contribution in [0.5, 0.6) is 0 Å². The Morgan fingerprint density at radius 1 is 0.893 bits per heavy atom. The Morgan fingerprint density at radius 2 is 1.46 bits per heavy atom. The van der Waals surface area contributed by atoms with Crippen molar-refractivity contribution >= 4 is 33.1 Å². The van der Waals surface area contributed by atoms with Crippen LogP contribution in [0.15, 0.2) is 59.5 Å². The van der Waals surface area contributed by atoms with Gasteiger partial charge in [0.2, 0.25) is 0 Å². The van der Waals surface area contributed by atoms with Gasteiger partial charge in [-0.15, -0.1) is 0 Å². The first-order valence-corrected chi connectivity index (χ1v) is 9.81. The van der Waals surface area contributed by atoms with Gasteiger partial charge in [0.05, 0.1) is 10.5 Å². The predicted octanol–water partition coefficient (Wildman–Crippen LogP) is 4.30. The topological polar surface area (TPSA) is 115 Å². The van der Waals surface area contributed by atoms with Gasteiger partial charge < -0.3 is 10.6 Å². The fraction of sp³-hybridized carbons (Fsp3) is 0.100. The molecule has 2 aromatic carbocycles. The van der Waals surface area contributed by atoms with Crippen LogP contribution >= 0.6 is 0 Å². The lowest BCUT2D eigenvalue weighted by Crippen LogP contribution is -2.06. The summed E-state index contributed by atoms with van der Waals surface area (Å²) in [5.41, 5.74) is 3.44. The third kappa shape index (κ3) is 4.11. The molecular formula is C20H18N4O3S. The van der Waals surface area contributed by atoms with Crippen molar-refractivity contribution in [3.8, 4) is 6.07 Å². The molecule has 142 valence electrons. The van der Waals surface area contributed by atoms with E-state index in [1.165, 1.54) is 24.3 Å². The number of nitrogens with zero attached hydrogens (tertiary/aromatic N) is 2. The molecule has 0 aliphatic carbocycles. The standard InChI is InChI=1S/C20H18N4O3S/c1-13-14(2)19(22-15-6-4-3-5-7-15)24-20(18(13)12-21)23-16-8-10-17(11-9-16)28(25,26)27/h3-11H,1-2H3,(H2,22,23,24)(H,25,26,27). The van der Waals surface area contributed by atoms with Crippen LogP contribution in [-0.2, 0) is 10.1 Å². The molecule has 7 nitrogen and oxygen atoms in total. The SMILES string of the molecule is Cc1c(Nc2ccccc2)nc(Nc2ccc(S(=O)(=O)O)cc2)c(C#N)c1C. The van der Waals surface area contributed by atoms with Gasteiger partial charge in [0.25, 0.3) is 10.1 Å². The summed E-state index contributed by atoms with van der Waals surface area (Å²) in [4.78, 5) is 4.34. The lowest BCUT2D eigenvalue weighted by molar-refractivity contribution is 0.483. The van der Waals surface area contributed by atoms with Crippen molar-refractivity contribution in [1.82, 2.24) is 4.98 Å². The summed E-state index contributed by atoms with van der Waals surface area (Å²) in [6, 6.07) is 17.2. The average Bonchev–Trinajstić information content (AvgIpc) is 2.67. The molecule has 1 aromatic heterocycles. The number of anilines is 4. The number of hydrogen-bond donors (Lipinski definition) is 3. The Morgan fingerprint density at radius 3 is 2.04 bits per heavy atom. The summed E-state index contributed by atoms with van der Waals surface area (Å²) < 4.78 is 31.4. The Hall–Kier alpha value is -3.41. The highest BCUT2D eigenvalue weighted by molar-refractivity contribution is 7.85. The highest BCUT2D eigenvalue weighted by atomic mass is 32.2. The second kappa shape index (κ2) is 7.68. The number of benzene rings is 2. The molecule has 1 heterocycles. The number of nitrogens with one attached hydrogen (secondary N) is 2. The maximum atomic E-state index is 11.2. The minimum absolute atomic E-state index is 0.210. The molecule has 28 heavy (non-hydrogen) atoms. The summed E-state index contributed by atoms with van der Waals surface area (Å²) in [6.45, 7) is 3.73. The van der Waals surface area contributed by atoms with E-state index >= 15 is 0 Å². The lowest BCUT2D eigenvalue weighted by atomic mass is 10.1. The van der Waals surface area contributed by atoms with Gasteiger partial charge in [-0.3, -0.25) is 4.55 Å². The zero-order chi connectivity index (χ0) is 20.3. The van der Waals surface area contributed by atoms with Crippen LogP contribution in [0.2, 0.25) is 0 Å². The van der Waals surface area contributed by atoms with Crippen molar-refractivity contribution in [3.05, 3.63) is 71.3 Å². The van der Waals surface area contributed by atoms with Crippen molar-refractivity contribution in [1.29, 1.82) is 5.26 Å². The van der Waals surface area contributed by atoms with Crippen molar-refractivity contribution in [3.63, 3.8) is 0 Å². The Kier molecular flexibility index (Phi) is 5.31. The molecule has 0 aliphatic heterocycles. The van der Waals surface area contributed by atoms with Crippen molar-refractivity contribution in [2.45, 2.75) is 18.7 Å². The van der Waals surface area contributed by atoms with Crippen molar-refractivity contribution in [2.75, 3.05) is 10.6 Å². The molecule has 0 amide bonds. The lowest BCUT2D eigenvalue weighted by Gasteiger charge is -2.16. The summed E-state index contributed by atoms with van der Waals surface area (Å²) in [6.07, 6.45) is 0. The molecule has 0 spiro atoms. The van der Waals surface area contributed by atoms with Crippen molar-refractivity contribution in [2.24, 2.45) is 0 Å². The zero-order valence-electron chi connectivity index (χ0n) is 15.3. The fourth-order valence-corrected chi connectivity index (χ4v) is 3.13. The van der Waals surface area contributed by atoms with Gasteiger partial charge in [-0.2, -0.15) is 13.7 Å². The van der Waals surface area contributed by atoms with Gasteiger partial charge in [0, 0.05) is 11.4 Å². The van der Waals surface area contributed by atoms with Crippen LogP contribution < -0.4 is 10.6 Å². The average molecular weight is 394 g/mol. The van der Waals surface area contributed by atoms with E-state index in [9.17, 15) is 13.7 Å². The largest absolute Gasteiger partial charge is 0.340 e. The molecule has 0 radical (unpaired) electrons. The molecule has 8 heteroatoms. The smallest absolute Gasteiger partial charge is 0.294 e. The Labute approximate surface area is 163 Å². The minimum Gasteiger partial charge on any atom is -0.340 e. The first kappa shape index (κ1) is 19.4. The number of nitriles is 1. The zero-order valence-corrected chi connectivity index (χ0v) is 16.1. The molecule has 0 bridgehead atoms. The molecule has 0 atom stereocenters. The quantitative estimate of drug-likeness (QED) is 0.552. The predicted molar refractivity (Wildman–Crippen MR) is 108 cm³/mol. The molecule has 0 fully saturated rings. The van der Waals surface area contributed by atoms with Gasteiger partial charge in [-0.05, 0) is 61.4 Å². The molecule has 0 unspecified atom stereocenters. The number of para-hydroxylation sites is 1. The van der Waals surface area contributed by atoms with E-state index in [0.29, 0.717) is 22.9 Å². The maximum Gasteiger partial charge on any atom is 0.294 e. The molecule has 0 saturated heterocycles. The molecular weight excluding hydrogens is 376 g/mol. The molecule has 3 aromatic rings. The summed E-state index contributed by atoms with van der Waals surface area (Å²) in [7, 11) is -4.26. The highest BCUT2D eigenvalue weighted by Gasteiger charge is 2.15.